The van der Waals surface area contributed by atoms with E-state index < -0.39 is 0 Å². The molecule has 5 heteroatoms. The summed E-state index contributed by atoms with van der Waals surface area (Å²) >= 11 is 1.64. The van der Waals surface area contributed by atoms with Gasteiger partial charge in [-0.15, -0.1) is 11.8 Å². The molecule has 1 unspecified atom stereocenters. The van der Waals surface area contributed by atoms with E-state index >= 15 is 0 Å². The molecule has 1 heterocycles. The highest BCUT2D eigenvalue weighted by Crippen LogP contribution is 2.42. The van der Waals surface area contributed by atoms with Crippen LogP contribution in [0.2, 0.25) is 0 Å². The summed E-state index contributed by atoms with van der Waals surface area (Å²) in [5, 5.41) is 2.96. The predicted molar refractivity (Wildman–Crippen MR) is 127 cm³/mol. The van der Waals surface area contributed by atoms with Crippen LogP contribution >= 0.6 is 11.8 Å². The number of unbranched alkanes of at least 4 members (excludes halogenated alkanes) is 5. The summed E-state index contributed by atoms with van der Waals surface area (Å²) in [5.74, 6) is 0.687. The van der Waals surface area contributed by atoms with Gasteiger partial charge in [-0.3, -0.25) is 14.5 Å². The van der Waals surface area contributed by atoms with E-state index in [0.717, 1.165) is 35.3 Å². The van der Waals surface area contributed by atoms with Crippen LogP contribution in [0.3, 0.4) is 0 Å². The molecule has 2 amide bonds. The van der Waals surface area contributed by atoms with Gasteiger partial charge in [-0.1, -0.05) is 63.3 Å². The van der Waals surface area contributed by atoms with E-state index in [1.54, 1.807) is 11.8 Å². The average Bonchev–Trinajstić information content (AvgIpc) is 3.12. The molecule has 1 saturated heterocycles. The Morgan fingerprint density at radius 2 is 1.80 bits per heavy atom. The van der Waals surface area contributed by atoms with Crippen molar-refractivity contribution in [3.8, 4) is 0 Å². The van der Waals surface area contributed by atoms with Crippen molar-refractivity contribution in [2.45, 2.75) is 64.2 Å². The van der Waals surface area contributed by atoms with Crippen LogP contribution in [-0.4, -0.2) is 17.6 Å². The number of aryl methyl sites for hydroxylation is 1. The van der Waals surface area contributed by atoms with Crippen molar-refractivity contribution in [1.29, 1.82) is 0 Å². The number of carbonyl (C=O) groups excluding carboxylic acids is 2. The summed E-state index contributed by atoms with van der Waals surface area (Å²) in [6.45, 7) is 4.25. The van der Waals surface area contributed by atoms with Gasteiger partial charge in [0, 0.05) is 17.8 Å². The number of amides is 2. The maximum Gasteiger partial charge on any atom is 0.238 e. The van der Waals surface area contributed by atoms with E-state index in [-0.39, 0.29) is 17.2 Å². The molecule has 3 rings (SSSR count). The first-order valence-electron chi connectivity index (χ1n) is 11.0. The molecule has 4 nitrogen and oxygen atoms in total. The van der Waals surface area contributed by atoms with Crippen LogP contribution in [-0.2, 0) is 9.59 Å². The maximum atomic E-state index is 12.5. The van der Waals surface area contributed by atoms with Gasteiger partial charge >= 0.3 is 0 Å². The molecule has 0 saturated carbocycles. The highest BCUT2D eigenvalue weighted by atomic mass is 32.2. The quantitative estimate of drug-likeness (QED) is 0.445. The molecule has 2 aromatic carbocycles. The number of nitrogens with one attached hydrogen (secondary N) is 1. The van der Waals surface area contributed by atoms with E-state index in [9.17, 15) is 9.59 Å². The van der Waals surface area contributed by atoms with E-state index in [4.69, 9.17) is 0 Å². The molecule has 0 spiro atoms. The average molecular weight is 425 g/mol. The Balaban J connectivity index is 1.56. The first-order valence-corrected chi connectivity index (χ1v) is 12.0. The van der Waals surface area contributed by atoms with Crippen molar-refractivity contribution >= 4 is 35.0 Å². The number of nitrogens with zero attached hydrogens (tertiary/aromatic N) is 1. The summed E-state index contributed by atoms with van der Waals surface area (Å²) in [7, 11) is 0. The van der Waals surface area contributed by atoms with Gasteiger partial charge in [-0.25, -0.2) is 0 Å². The Kier molecular flexibility index (Phi) is 8.38. The number of rotatable bonds is 10. The molecule has 0 bridgehead atoms. The lowest BCUT2D eigenvalue weighted by atomic mass is 10.1. The number of thioether (sulfide) groups is 1. The Morgan fingerprint density at radius 3 is 2.53 bits per heavy atom. The third-order valence-corrected chi connectivity index (χ3v) is 6.60. The number of benzene rings is 2. The fraction of sp³-hybridized carbons (Fsp3) is 0.440. The number of hydrogen-bond donors (Lipinski definition) is 1. The van der Waals surface area contributed by atoms with Crippen LogP contribution in [0.5, 0.6) is 0 Å². The van der Waals surface area contributed by atoms with Crippen LogP contribution in [0.25, 0.3) is 0 Å². The standard InChI is InChI=1S/C25H32N2O2S/c1-3-4-5-6-7-8-12-23(28)26-21-15-13-20(14-16-21)25-27(24(29)18-30-25)22-11-9-10-19(2)17-22/h9-11,13-17,25H,3-8,12,18H2,1-2H3,(H,26,28). The van der Waals surface area contributed by atoms with Crippen molar-refractivity contribution in [3.05, 3.63) is 59.7 Å². The lowest BCUT2D eigenvalue weighted by Crippen LogP contribution is -2.27. The minimum Gasteiger partial charge on any atom is -0.326 e. The molecule has 30 heavy (non-hydrogen) atoms. The SMILES string of the molecule is CCCCCCCCC(=O)Nc1ccc(C2SCC(=O)N2c2cccc(C)c2)cc1. The van der Waals surface area contributed by atoms with E-state index in [0.29, 0.717) is 12.2 Å². The summed E-state index contributed by atoms with van der Waals surface area (Å²) in [6, 6.07) is 16.0. The van der Waals surface area contributed by atoms with Crippen molar-refractivity contribution in [3.63, 3.8) is 0 Å². The van der Waals surface area contributed by atoms with Gasteiger partial charge in [0.25, 0.3) is 0 Å². The molecule has 1 N–H and O–H groups in total. The van der Waals surface area contributed by atoms with E-state index in [1.165, 1.54) is 25.7 Å². The van der Waals surface area contributed by atoms with Gasteiger partial charge in [0.15, 0.2) is 0 Å². The topological polar surface area (TPSA) is 49.4 Å². The van der Waals surface area contributed by atoms with Crippen molar-refractivity contribution in [1.82, 2.24) is 0 Å². The summed E-state index contributed by atoms with van der Waals surface area (Å²) in [5.41, 5.74) is 3.96. The number of carbonyl (C=O) groups is 2. The van der Waals surface area contributed by atoms with Crippen LogP contribution in [0.1, 0.15) is 68.4 Å². The molecule has 160 valence electrons. The number of anilines is 2. The lowest BCUT2D eigenvalue weighted by Gasteiger charge is -2.25. The molecule has 1 aliphatic heterocycles. The van der Waals surface area contributed by atoms with Crippen molar-refractivity contribution in [2.75, 3.05) is 16.0 Å². The second-order valence-corrected chi connectivity index (χ2v) is 9.02. The molecule has 1 atom stereocenters. The van der Waals surface area contributed by atoms with E-state index in [1.807, 2.05) is 60.4 Å². The van der Waals surface area contributed by atoms with E-state index in [2.05, 4.69) is 12.2 Å². The molecular weight excluding hydrogens is 392 g/mol. The van der Waals surface area contributed by atoms with Crippen LogP contribution in [0.15, 0.2) is 48.5 Å². The molecule has 0 aliphatic carbocycles. The minimum absolute atomic E-state index is 0.0350. The van der Waals surface area contributed by atoms with Crippen LogP contribution < -0.4 is 10.2 Å². The van der Waals surface area contributed by atoms with Crippen LogP contribution in [0.4, 0.5) is 11.4 Å². The molecule has 1 aliphatic rings. The van der Waals surface area contributed by atoms with Gasteiger partial charge in [-0.05, 0) is 48.7 Å². The highest BCUT2D eigenvalue weighted by Gasteiger charge is 2.34. The monoisotopic (exact) mass is 424 g/mol. The molecule has 0 radical (unpaired) electrons. The fourth-order valence-electron chi connectivity index (χ4n) is 3.75. The van der Waals surface area contributed by atoms with Gasteiger partial charge in [0.05, 0.1) is 5.75 Å². The number of hydrogen-bond acceptors (Lipinski definition) is 3. The Hall–Kier alpha value is -2.27. The smallest absolute Gasteiger partial charge is 0.238 e. The van der Waals surface area contributed by atoms with Crippen molar-refractivity contribution in [2.24, 2.45) is 0 Å². The minimum atomic E-state index is -0.0350. The normalized spacial score (nSPS) is 16.1. The fourth-order valence-corrected chi connectivity index (χ4v) is 4.93. The molecule has 0 aromatic heterocycles. The van der Waals surface area contributed by atoms with Crippen LogP contribution in [0, 0.1) is 6.92 Å². The molecule has 2 aromatic rings. The Bertz CT molecular complexity index is 850. The Morgan fingerprint density at radius 1 is 1.07 bits per heavy atom. The zero-order valence-electron chi connectivity index (χ0n) is 18.0. The van der Waals surface area contributed by atoms with Gasteiger partial charge in [0.1, 0.15) is 5.37 Å². The van der Waals surface area contributed by atoms with Gasteiger partial charge in [0.2, 0.25) is 11.8 Å². The Labute approximate surface area is 184 Å². The van der Waals surface area contributed by atoms with Gasteiger partial charge in [-0.2, -0.15) is 0 Å². The summed E-state index contributed by atoms with van der Waals surface area (Å²) in [6.07, 6.45) is 7.64. The summed E-state index contributed by atoms with van der Waals surface area (Å²) in [4.78, 5) is 26.6. The first kappa shape index (κ1) is 22.4. The lowest BCUT2D eigenvalue weighted by molar-refractivity contribution is -0.116. The second kappa shape index (κ2) is 11.2. The second-order valence-electron chi connectivity index (χ2n) is 7.95. The molecular formula is C25H32N2O2S. The van der Waals surface area contributed by atoms with Crippen molar-refractivity contribution < 1.29 is 9.59 Å². The third kappa shape index (κ3) is 6.11. The predicted octanol–water partition coefficient (Wildman–Crippen LogP) is 6.46. The largest absolute Gasteiger partial charge is 0.326 e. The highest BCUT2D eigenvalue weighted by molar-refractivity contribution is 8.00. The summed E-state index contributed by atoms with van der Waals surface area (Å²) < 4.78 is 0. The molecule has 1 fully saturated rings. The first-order chi connectivity index (χ1) is 14.6. The van der Waals surface area contributed by atoms with Gasteiger partial charge < -0.3 is 5.32 Å². The zero-order chi connectivity index (χ0) is 21.3. The maximum absolute atomic E-state index is 12.5. The zero-order valence-corrected chi connectivity index (χ0v) is 18.8. The third-order valence-electron chi connectivity index (χ3n) is 5.38.